The van der Waals surface area contributed by atoms with E-state index in [4.69, 9.17) is 0 Å². The summed E-state index contributed by atoms with van der Waals surface area (Å²) in [4.78, 5) is 2.52. The number of thioether (sulfide) groups is 1. The van der Waals surface area contributed by atoms with Crippen LogP contribution in [0.2, 0.25) is 0 Å². The molecule has 1 fully saturated rings. The van der Waals surface area contributed by atoms with Crippen molar-refractivity contribution in [2.24, 2.45) is 0 Å². The number of nitrogens with zero attached hydrogens (tertiary/aromatic N) is 1. The zero-order chi connectivity index (χ0) is 13.7. The van der Waals surface area contributed by atoms with Gasteiger partial charge in [-0.25, -0.2) is 0 Å². The number of rotatable bonds is 5. The minimum Gasteiger partial charge on any atom is -0.312 e. The van der Waals surface area contributed by atoms with E-state index < -0.39 is 0 Å². The van der Waals surface area contributed by atoms with E-state index in [2.05, 4.69) is 76.1 Å². The van der Waals surface area contributed by atoms with Crippen LogP contribution in [0, 0.1) is 0 Å². The molecule has 2 atom stereocenters. The van der Waals surface area contributed by atoms with Gasteiger partial charge in [-0.2, -0.15) is 11.8 Å². The molecule has 2 unspecified atom stereocenters. The Bertz CT molecular complexity index is 399. The Hall–Kier alpha value is -0.0300. The molecule has 2 rings (SSSR count). The largest absolute Gasteiger partial charge is 0.312 e. The maximum absolute atomic E-state index is 3.68. The number of hydrogen-bond acceptors (Lipinski definition) is 3. The number of hydrogen-bond donors (Lipinski definition) is 1. The molecule has 1 aliphatic heterocycles. The van der Waals surface area contributed by atoms with Crippen LogP contribution in [-0.4, -0.2) is 48.6 Å². The van der Waals surface area contributed by atoms with Crippen LogP contribution < -0.4 is 5.32 Å². The summed E-state index contributed by atoms with van der Waals surface area (Å²) in [6, 6.07) is 9.86. The lowest BCUT2D eigenvalue weighted by molar-refractivity contribution is 0.215. The van der Waals surface area contributed by atoms with Gasteiger partial charge >= 0.3 is 0 Å². The highest BCUT2D eigenvalue weighted by Crippen LogP contribution is 2.21. The first-order valence-electron chi connectivity index (χ1n) is 6.96. The average molecular weight is 343 g/mol. The van der Waals surface area contributed by atoms with Gasteiger partial charge in [0.1, 0.15) is 0 Å². The summed E-state index contributed by atoms with van der Waals surface area (Å²) >= 11 is 5.65. The molecule has 1 aliphatic rings. The van der Waals surface area contributed by atoms with E-state index in [1.807, 2.05) is 0 Å². The second-order valence-electron chi connectivity index (χ2n) is 5.12. The van der Waals surface area contributed by atoms with Crippen molar-refractivity contribution < 1.29 is 0 Å². The first-order valence-corrected chi connectivity index (χ1v) is 8.91. The van der Waals surface area contributed by atoms with E-state index in [-0.39, 0.29) is 0 Å². The Labute approximate surface area is 129 Å². The van der Waals surface area contributed by atoms with E-state index in [1.54, 1.807) is 0 Å². The molecule has 1 heterocycles. The molecule has 0 aromatic heterocycles. The molecule has 106 valence electrons. The Morgan fingerprint density at radius 3 is 3.05 bits per heavy atom. The standard InChI is InChI=1S/C15H23BrN2S/c1-3-17-14(15-11-19-8-7-18(15)2)10-12-5-4-6-13(16)9-12/h4-6,9,14-15,17H,3,7-8,10-11H2,1-2H3. The van der Waals surface area contributed by atoms with Crippen LogP contribution in [0.15, 0.2) is 28.7 Å². The Kier molecular flexibility index (Phi) is 6.20. The zero-order valence-corrected chi connectivity index (χ0v) is 14.1. The van der Waals surface area contributed by atoms with Crippen LogP contribution in [-0.2, 0) is 6.42 Å². The average Bonchev–Trinajstić information content (AvgIpc) is 2.39. The van der Waals surface area contributed by atoms with Crippen molar-refractivity contribution in [2.45, 2.75) is 25.4 Å². The summed E-state index contributed by atoms with van der Waals surface area (Å²) in [5, 5.41) is 3.68. The molecule has 1 saturated heterocycles. The Morgan fingerprint density at radius 1 is 1.53 bits per heavy atom. The van der Waals surface area contributed by atoms with Gasteiger partial charge in [-0.05, 0) is 37.7 Å². The van der Waals surface area contributed by atoms with E-state index in [9.17, 15) is 0 Å². The maximum atomic E-state index is 3.68. The van der Waals surface area contributed by atoms with Gasteiger partial charge < -0.3 is 10.2 Å². The highest BCUT2D eigenvalue weighted by molar-refractivity contribution is 9.10. The van der Waals surface area contributed by atoms with Crippen molar-refractivity contribution in [3.05, 3.63) is 34.3 Å². The van der Waals surface area contributed by atoms with Crippen LogP contribution >= 0.6 is 27.7 Å². The molecule has 1 N–H and O–H groups in total. The second-order valence-corrected chi connectivity index (χ2v) is 7.19. The normalized spacial score (nSPS) is 22.4. The highest BCUT2D eigenvalue weighted by Gasteiger charge is 2.27. The van der Waals surface area contributed by atoms with Gasteiger partial charge in [0.05, 0.1) is 0 Å². The molecule has 0 saturated carbocycles. The lowest BCUT2D eigenvalue weighted by Gasteiger charge is -2.38. The summed E-state index contributed by atoms with van der Waals surface area (Å²) in [5.74, 6) is 2.50. The van der Waals surface area contributed by atoms with Crippen LogP contribution in [0.25, 0.3) is 0 Å². The molecular formula is C15H23BrN2S. The second kappa shape index (κ2) is 7.67. The van der Waals surface area contributed by atoms with Gasteiger partial charge in [0.2, 0.25) is 0 Å². The number of nitrogens with one attached hydrogen (secondary N) is 1. The van der Waals surface area contributed by atoms with E-state index in [0.29, 0.717) is 12.1 Å². The van der Waals surface area contributed by atoms with Crippen molar-refractivity contribution in [1.82, 2.24) is 10.2 Å². The predicted molar refractivity (Wildman–Crippen MR) is 89.1 cm³/mol. The van der Waals surface area contributed by atoms with Crippen LogP contribution in [0.5, 0.6) is 0 Å². The van der Waals surface area contributed by atoms with Crippen molar-refractivity contribution in [1.29, 1.82) is 0 Å². The molecule has 1 aromatic carbocycles. The van der Waals surface area contributed by atoms with Gasteiger partial charge in [0, 0.05) is 34.6 Å². The molecule has 4 heteroatoms. The Balaban J connectivity index is 2.06. The van der Waals surface area contributed by atoms with Crippen LogP contribution in [0.1, 0.15) is 12.5 Å². The summed E-state index contributed by atoms with van der Waals surface area (Å²) in [6.07, 6.45) is 1.10. The minimum absolute atomic E-state index is 0.539. The van der Waals surface area contributed by atoms with E-state index in [0.717, 1.165) is 13.0 Å². The third-order valence-corrected chi connectivity index (χ3v) is 5.26. The monoisotopic (exact) mass is 342 g/mol. The number of likely N-dealkylation sites (N-methyl/N-ethyl adjacent to an activating group) is 2. The highest BCUT2D eigenvalue weighted by atomic mass is 79.9. The third kappa shape index (κ3) is 4.48. The van der Waals surface area contributed by atoms with Gasteiger partial charge in [0.15, 0.2) is 0 Å². The lowest BCUT2D eigenvalue weighted by atomic mass is 9.99. The molecule has 0 bridgehead atoms. The fourth-order valence-electron chi connectivity index (χ4n) is 2.65. The molecule has 1 aromatic rings. The van der Waals surface area contributed by atoms with Crippen molar-refractivity contribution in [2.75, 3.05) is 31.6 Å². The first-order chi connectivity index (χ1) is 9.20. The van der Waals surface area contributed by atoms with Crippen molar-refractivity contribution in [3.63, 3.8) is 0 Å². The van der Waals surface area contributed by atoms with Gasteiger partial charge in [-0.15, -0.1) is 0 Å². The van der Waals surface area contributed by atoms with E-state index in [1.165, 1.54) is 28.1 Å². The van der Waals surface area contributed by atoms with Crippen LogP contribution in [0.3, 0.4) is 0 Å². The topological polar surface area (TPSA) is 15.3 Å². The summed E-state index contributed by atoms with van der Waals surface area (Å²) in [7, 11) is 2.26. The fourth-order valence-corrected chi connectivity index (χ4v) is 4.41. The molecule has 0 radical (unpaired) electrons. The summed E-state index contributed by atoms with van der Waals surface area (Å²) in [5.41, 5.74) is 1.41. The summed E-state index contributed by atoms with van der Waals surface area (Å²) < 4.78 is 1.17. The quantitative estimate of drug-likeness (QED) is 0.885. The first kappa shape index (κ1) is 15.4. The molecule has 0 spiro atoms. The van der Waals surface area contributed by atoms with Gasteiger partial charge in [-0.3, -0.25) is 0 Å². The number of halogens is 1. The molecular weight excluding hydrogens is 320 g/mol. The predicted octanol–water partition coefficient (Wildman–Crippen LogP) is 3.02. The van der Waals surface area contributed by atoms with E-state index >= 15 is 0 Å². The fraction of sp³-hybridized carbons (Fsp3) is 0.600. The van der Waals surface area contributed by atoms with Crippen molar-refractivity contribution in [3.8, 4) is 0 Å². The number of benzene rings is 1. The third-order valence-electron chi connectivity index (χ3n) is 3.72. The zero-order valence-electron chi connectivity index (χ0n) is 11.7. The van der Waals surface area contributed by atoms with Crippen molar-refractivity contribution >= 4 is 27.7 Å². The SMILES string of the molecule is CCNC(Cc1cccc(Br)c1)C1CSCCN1C. The lowest BCUT2D eigenvalue weighted by Crippen LogP contribution is -2.53. The molecule has 2 nitrogen and oxygen atoms in total. The molecule has 19 heavy (non-hydrogen) atoms. The Morgan fingerprint density at radius 2 is 2.37 bits per heavy atom. The minimum atomic E-state index is 0.539. The molecule has 0 aliphatic carbocycles. The maximum Gasteiger partial charge on any atom is 0.0340 e. The molecule has 0 amide bonds. The van der Waals surface area contributed by atoms with Crippen LogP contribution in [0.4, 0.5) is 0 Å². The smallest absolute Gasteiger partial charge is 0.0340 e. The summed E-state index contributed by atoms with van der Waals surface area (Å²) in [6.45, 7) is 4.44. The van der Waals surface area contributed by atoms with Gasteiger partial charge in [-0.1, -0.05) is 35.0 Å². The van der Waals surface area contributed by atoms with Gasteiger partial charge in [0.25, 0.3) is 0 Å².